The van der Waals surface area contributed by atoms with Gasteiger partial charge in [-0.25, -0.2) is 18.5 Å². The van der Waals surface area contributed by atoms with E-state index >= 15 is 0 Å². The number of pyridine rings is 1. The Bertz CT molecular complexity index is 711. The third-order valence-corrected chi connectivity index (χ3v) is 2.96. The first-order chi connectivity index (χ1) is 7.88. The zero-order valence-corrected chi connectivity index (χ0v) is 9.22. The standard InChI is InChI=1S/C9H7N3O4S/c10-17(15,16)9-4-1-6-5-7(12(13)14)2-3-8(6)11-9/h1-5H,(H2,10,15,16). The minimum atomic E-state index is -3.87. The number of fused-ring (bicyclic) bond motifs is 1. The number of nitro benzene ring substituents is 1. The van der Waals surface area contributed by atoms with Gasteiger partial charge in [0.2, 0.25) is 0 Å². The van der Waals surface area contributed by atoms with E-state index in [9.17, 15) is 18.5 Å². The van der Waals surface area contributed by atoms with Crippen molar-refractivity contribution in [1.29, 1.82) is 0 Å². The highest BCUT2D eigenvalue weighted by Crippen LogP contribution is 2.20. The van der Waals surface area contributed by atoms with Gasteiger partial charge in [0.05, 0.1) is 10.4 Å². The smallest absolute Gasteiger partial charge is 0.258 e. The summed E-state index contributed by atoms with van der Waals surface area (Å²) in [6.45, 7) is 0. The molecule has 2 N–H and O–H groups in total. The first-order valence-electron chi connectivity index (χ1n) is 4.46. The predicted octanol–water partition coefficient (Wildman–Crippen LogP) is 0.790. The molecule has 0 unspecified atom stereocenters. The van der Waals surface area contributed by atoms with E-state index in [1.54, 1.807) is 0 Å². The Morgan fingerprint density at radius 1 is 1.24 bits per heavy atom. The van der Waals surface area contributed by atoms with Crippen molar-refractivity contribution >= 4 is 26.6 Å². The number of aromatic nitrogens is 1. The number of primary sulfonamides is 1. The molecule has 7 nitrogen and oxygen atoms in total. The van der Waals surface area contributed by atoms with Crippen LogP contribution < -0.4 is 5.14 Å². The van der Waals surface area contributed by atoms with Crippen LogP contribution in [0.3, 0.4) is 0 Å². The fourth-order valence-corrected chi connectivity index (χ4v) is 1.85. The molecule has 0 saturated heterocycles. The lowest BCUT2D eigenvalue weighted by atomic mass is 10.2. The van der Waals surface area contributed by atoms with Crippen molar-refractivity contribution in [3.8, 4) is 0 Å². The molecule has 0 aliphatic rings. The third-order valence-electron chi connectivity index (χ3n) is 2.15. The average Bonchev–Trinajstić information content (AvgIpc) is 2.26. The van der Waals surface area contributed by atoms with Crippen molar-refractivity contribution in [3.05, 3.63) is 40.4 Å². The molecule has 17 heavy (non-hydrogen) atoms. The second kappa shape index (κ2) is 3.75. The SMILES string of the molecule is NS(=O)(=O)c1ccc2cc([N+](=O)[O-])ccc2n1. The summed E-state index contributed by atoms with van der Waals surface area (Å²) in [4.78, 5) is 13.8. The molecule has 0 fully saturated rings. The zero-order valence-electron chi connectivity index (χ0n) is 8.40. The van der Waals surface area contributed by atoms with Gasteiger partial charge < -0.3 is 0 Å². The molecular formula is C9H7N3O4S. The van der Waals surface area contributed by atoms with Crippen molar-refractivity contribution in [2.24, 2.45) is 5.14 Å². The Labute approximate surface area is 96.1 Å². The van der Waals surface area contributed by atoms with Gasteiger partial charge in [0, 0.05) is 17.5 Å². The molecule has 2 aromatic rings. The van der Waals surface area contributed by atoms with Crippen LogP contribution in [0.15, 0.2) is 35.4 Å². The summed E-state index contributed by atoms with van der Waals surface area (Å²) in [7, 11) is -3.87. The first-order valence-corrected chi connectivity index (χ1v) is 6.00. The monoisotopic (exact) mass is 253 g/mol. The maximum Gasteiger partial charge on any atom is 0.270 e. The molecule has 0 bridgehead atoms. The van der Waals surface area contributed by atoms with E-state index < -0.39 is 14.9 Å². The number of nitro groups is 1. The average molecular weight is 253 g/mol. The second-order valence-electron chi connectivity index (χ2n) is 3.33. The number of hydrogen-bond acceptors (Lipinski definition) is 5. The summed E-state index contributed by atoms with van der Waals surface area (Å²) < 4.78 is 22.1. The van der Waals surface area contributed by atoms with E-state index in [-0.39, 0.29) is 10.7 Å². The quantitative estimate of drug-likeness (QED) is 0.627. The summed E-state index contributed by atoms with van der Waals surface area (Å²) in [5.41, 5.74) is 0.254. The van der Waals surface area contributed by atoms with Gasteiger partial charge in [0.25, 0.3) is 15.7 Å². The fraction of sp³-hybridized carbons (Fsp3) is 0. The van der Waals surface area contributed by atoms with E-state index in [1.165, 1.54) is 30.3 Å². The van der Waals surface area contributed by atoms with Crippen LogP contribution in [0.2, 0.25) is 0 Å². The van der Waals surface area contributed by atoms with Gasteiger partial charge in [0.1, 0.15) is 0 Å². The largest absolute Gasteiger partial charge is 0.270 e. The van der Waals surface area contributed by atoms with Crippen molar-refractivity contribution in [3.63, 3.8) is 0 Å². The van der Waals surface area contributed by atoms with Crippen molar-refractivity contribution < 1.29 is 13.3 Å². The van der Waals surface area contributed by atoms with Crippen LogP contribution in [-0.4, -0.2) is 18.3 Å². The molecule has 0 amide bonds. The predicted molar refractivity (Wildman–Crippen MR) is 59.8 cm³/mol. The normalized spacial score (nSPS) is 11.6. The minimum Gasteiger partial charge on any atom is -0.258 e. The van der Waals surface area contributed by atoms with Crippen molar-refractivity contribution in [1.82, 2.24) is 4.98 Å². The molecule has 1 aromatic carbocycles. The van der Waals surface area contributed by atoms with E-state index in [2.05, 4.69) is 4.98 Å². The number of nitrogens with zero attached hydrogens (tertiary/aromatic N) is 2. The van der Waals surface area contributed by atoms with Crippen LogP contribution in [0, 0.1) is 10.1 Å². The topological polar surface area (TPSA) is 116 Å². The molecule has 0 spiro atoms. The van der Waals surface area contributed by atoms with Gasteiger partial charge >= 0.3 is 0 Å². The van der Waals surface area contributed by atoms with Crippen LogP contribution in [0.5, 0.6) is 0 Å². The van der Waals surface area contributed by atoms with Crippen molar-refractivity contribution in [2.75, 3.05) is 0 Å². The van der Waals surface area contributed by atoms with Crippen LogP contribution in [-0.2, 0) is 10.0 Å². The Balaban J connectivity index is 2.66. The number of non-ortho nitro benzene ring substituents is 1. The van der Waals surface area contributed by atoms with Crippen molar-refractivity contribution in [2.45, 2.75) is 5.03 Å². The Kier molecular flexibility index (Phi) is 2.52. The Hall–Kier alpha value is -2.06. The maximum absolute atomic E-state index is 11.1. The van der Waals surface area contributed by atoms with Gasteiger partial charge in [-0.05, 0) is 18.2 Å². The second-order valence-corrected chi connectivity index (χ2v) is 4.84. The van der Waals surface area contributed by atoms with Crippen LogP contribution in [0.25, 0.3) is 10.9 Å². The van der Waals surface area contributed by atoms with Crippen LogP contribution >= 0.6 is 0 Å². The molecule has 0 saturated carbocycles. The molecule has 0 aliphatic heterocycles. The zero-order chi connectivity index (χ0) is 12.6. The summed E-state index contributed by atoms with van der Waals surface area (Å²) in [5.74, 6) is 0. The first kappa shape index (κ1) is 11.4. The fourth-order valence-electron chi connectivity index (χ4n) is 1.37. The summed E-state index contributed by atoms with van der Waals surface area (Å²) in [6.07, 6.45) is 0. The molecule has 2 rings (SSSR count). The van der Waals surface area contributed by atoms with E-state index in [4.69, 9.17) is 5.14 Å². The van der Waals surface area contributed by atoms with Crippen LogP contribution in [0.4, 0.5) is 5.69 Å². The minimum absolute atomic E-state index is 0.0809. The maximum atomic E-state index is 11.1. The molecule has 1 aromatic heterocycles. The van der Waals surface area contributed by atoms with Crippen LogP contribution in [0.1, 0.15) is 0 Å². The Morgan fingerprint density at radius 2 is 1.94 bits per heavy atom. The van der Waals surface area contributed by atoms with E-state index in [0.717, 1.165) is 0 Å². The van der Waals surface area contributed by atoms with Gasteiger partial charge in [-0.2, -0.15) is 0 Å². The molecular weight excluding hydrogens is 246 g/mol. The summed E-state index contributed by atoms with van der Waals surface area (Å²) in [6, 6.07) is 6.58. The van der Waals surface area contributed by atoms with E-state index in [1.807, 2.05) is 0 Å². The molecule has 0 radical (unpaired) electrons. The van der Waals surface area contributed by atoms with Gasteiger partial charge in [-0.3, -0.25) is 10.1 Å². The summed E-state index contributed by atoms with van der Waals surface area (Å²) >= 11 is 0. The Morgan fingerprint density at radius 3 is 2.53 bits per heavy atom. The van der Waals surface area contributed by atoms with Gasteiger partial charge in [0.15, 0.2) is 5.03 Å². The highest BCUT2D eigenvalue weighted by Gasteiger charge is 2.12. The molecule has 1 heterocycles. The van der Waals surface area contributed by atoms with E-state index in [0.29, 0.717) is 10.9 Å². The molecule has 8 heteroatoms. The number of nitrogens with two attached hydrogens (primary N) is 1. The molecule has 0 aliphatic carbocycles. The number of rotatable bonds is 2. The highest BCUT2D eigenvalue weighted by molar-refractivity contribution is 7.89. The van der Waals surface area contributed by atoms with Gasteiger partial charge in [-0.1, -0.05) is 0 Å². The summed E-state index contributed by atoms with van der Waals surface area (Å²) in [5, 5.41) is 15.7. The highest BCUT2D eigenvalue weighted by atomic mass is 32.2. The lowest BCUT2D eigenvalue weighted by Gasteiger charge is -2.00. The van der Waals surface area contributed by atoms with Gasteiger partial charge in [-0.15, -0.1) is 0 Å². The molecule has 88 valence electrons. The molecule has 0 atom stereocenters. The number of benzene rings is 1. The lowest BCUT2D eigenvalue weighted by molar-refractivity contribution is -0.384. The number of sulfonamides is 1. The third kappa shape index (κ3) is 2.22. The number of hydrogen-bond donors (Lipinski definition) is 1. The lowest BCUT2D eigenvalue weighted by Crippen LogP contribution is -2.13.